The molecule has 0 saturated carbocycles. The summed E-state index contributed by atoms with van der Waals surface area (Å²) in [6, 6.07) is 9.03. The zero-order valence-corrected chi connectivity index (χ0v) is 8.85. The number of benzene rings is 1. The molecule has 0 aliphatic carbocycles. The molecular weight excluding hydrogens is 221 g/mol. The number of nitrogens with zero attached hydrogens (tertiary/aromatic N) is 1. The lowest BCUT2D eigenvalue weighted by atomic mass is 10.1. The molecule has 0 radical (unpaired) electrons. The maximum Gasteiger partial charge on any atom is 0.269 e. The van der Waals surface area contributed by atoms with Crippen LogP contribution >= 0.6 is 0 Å². The summed E-state index contributed by atoms with van der Waals surface area (Å²) in [6.07, 6.45) is 0. The van der Waals surface area contributed by atoms with Crippen molar-refractivity contribution in [3.8, 4) is 11.3 Å². The van der Waals surface area contributed by atoms with Crippen LogP contribution in [0.4, 0.5) is 10.1 Å². The Bertz CT molecular complexity index is 584. The maximum absolute atomic E-state index is 13.0. The van der Waals surface area contributed by atoms with Crippen molar-refractivity contribution in [3.63, 3.8) is 0 Å². The molecule has 17 heavy (non-hydrogen) atoms. The molecule has 86 valence electrons. The number of hydrogen-bond donors (Lipinski definition) is 2. The molecule has 5 heteroatoms. The summed E-state index contributed by atoms with van der Waals surface area (Å²) in [6.45, 7) is 0. The highest BCUT2D eigenvalue weighted by molar-refractivity contribution is 5.96. The van der Waals surface area contributed by atoms with Gasteiger partial charge in [-0.05, 0) is 24.3 Å². The average molecular weight is 231 g/mol. The number of primary amides is 1. The van der Waals surface area contributed by atoms with Gasteiger partial charge in [-0.25, -0.2) is 9.37 Å². The number of anilines is 1. The molecule has 0 aliphatic heterocycles. The van der Waals surface area contributed by atoms with Crippen molar-refractivity contribution >= 4 is 11.6 Å². The highest BCUT2D eigenvalue weighted by atomic mass is 19.1. The molecule has 1 aromatic carbocycles. The third-order valence-corrected chi connectivity index (χ3v) is 2.28. The van der Waals surface area contributed by atoms with Gasteiger partial charge in [0.2, 0.25) is 0 Å². The van der Waals surface area contributed by atoms with E-state index in [1.165, 1.54) is 18.2 Å². The summed E-state index contributed by atoms with van der Waals surface area (Å²) in [5.74, 6) is -1.08. The Morgan fingerprint density at radius 2 is 2.00 bits per heavy atom. The molecule has 0 spiro atoms. The monoisotopic (exact) mass is 231 g/mol. The first kappa shape index (κ1) is 11.1. The molecule has 0 saturated heterocycles. The van der Waals surface area contributed by atoms with Gasteiger partial charge in [-0.1, -0.05) is 12.1 Å². The Morgan fingerprint density at radius 1 is 1.24 bits per heavy atom. The molecule has 1 amide bonds. The van der Waals surface area contributed by atoms with Crippen LogP contribution in [-0.2, 0) is 0 Å². The minimum atomic E-state index is -0.708. The largest absolute Gasteiger partial charge is 0.397 e. The van der Waals surface area contributed by atoms with Gasteiger partial charge in [0.1, 0.15) is 5.82 Å². The van der Waals surface area contributed by atoms with E-state index in [0.717, 1.165) is 0 Å². The van der Waals surface area contributed by atoms with E-state index < -0.39 is 5.91 Å². The Labute approximate surface area is 97.1 Å². The van der Waals surface area contributed by atoms with E-state index >= 15 is 0 Å². The van der Waals surface area contributed by atoms with Crippen LogP contribution in [0.1, 0.15) is 10.5 Å². The number of halogens is 1. The minimum absolute atomic E-state index is 0.00763. The number of nitrogen functional groups attached to an aromatic ring is 1. The van der Waals surface area contributed by atoms with E-state index in [4.69, 9.17) is 11.5 Å². The first-order chi connectivity index (χ1) is 8.08. The molecule has 0 atom stereocenters. The van der Waals surface area contributed by atoms with Crippen molar-refractivity contribution in [1.29, 1.82) is 0 Å². The molecule has 0 unspecified atom stereocenters. The van der Waals surface area contributed by atoms with Crippen LogP contribution in [0.5, 0.6) is 0 Å². The van der Waals surface area contributed by atoms with Crippen LogP contribution in [0.3, 0.4) is 0 Å². The van der Waals surface area contributed by atoms with Crippen molar-refractivity contribution < 1.29 is 9.18 Å². The number of carbonyl (C=O) groups excluding carboxylic acids is 1. The first-order valence-corrected chi connectivity index (χ1v) is 4.90. The Balaban J connectivity index is 2.54. The van der Waals surface area contributed by atoms with E-state index in [9.17, 15) is 9.18 Å². The lowest BCUT2D eigenvalue weighted by molar-refractivity contribution is 0.0996. The van der Waals surface area contributed by atoms with Crippen LogP contribution < -0.4 is 11.5 Å². The van der Waals surface area contributed by atoms with Crippen molar-refractivity contribution in [3.05, 3.63) is 47.9 Å². The van der Waals surface area contributed by atoms with Gasteiger partial charge in [0.05, 0.1) is 11.4 Å². The number of aromatic nitrogens is 1. The maximum atomic E-state index is 13.0. The molecular formula is C12H10FN3O. The van der Waals surface area contributed by atoms with Gasteiger partial charge in [0.25, 0.3) is 5.91 Å². The lowest BCUT2D eigenvalue weighted by Crippen LogP contribution is -2.15. The zero-order valence-electron chi connectivity index (χ0n) is 8.85. The van der Waals surface area contributed by atoms with Crippen molar-refractivity contribution in [2.75, 3.05) is 5.73 Å². The number of hydrogen-bond acceptors (Lipinski definition) is 3. The minimum Gasteiger partial charge on any atom is -0.397 e. The number of rotatable bonds is 2. The van der Waals surface area contributed by atoms with Crippen molar-refractivity contribution in [1.82, 2.24) is 4.98 Å². The van der Waals surface area contributed by atoms with Gasteiger partial charge in [-0.3, -0.25) is 4.79 Å². The van der Waals surface area contributed by atoms with E-state index in [0.29, 0.717) is 11.3 Å². The predicted molar refractivity (Wildman–Crippen MR) is 62.6 cm³/mol. The summed E-state index contributed by atoms with van der Waals surface area (Å²) in [7, 11) is 0. The van der Waals surface area contributed by atoms with Gasteiger partial charge in [0, 0.05) is 5.56 Å². The van der Waals surface area contributed by atoms with Gasteiger partial charge in [0.15, 0.2) is 5.69 Å². The Morgan fingerprint density at radius 3 is 2.65 bits per heavy atom. The quantitative estimate of drug-likeness (QED) is 0.822. The lowest BCUT2D eigenvalue weighted by Gasteiger charge is -2.05. The van der Waals surface area contributed by atoms with Crippen LogP contribution in [0, 0.1) is 5.82 Å². The summed E-state index contributed by atoms with van der Waals surface area (Å²) in [5.41, 5.74) is 11.9. The predicted octanol–water partition coefficient (Wildman–Crippen LogP) is 1.57. The molecule has 4 nitrogen and oxygen atoms in total. The van der Waals surface area contributed by atoms with E-state index in [-0.39, 0.29) is 17.2 Å². The summed E-state index contributed by atoms with van der Waals surface area (Å²) < 4.78 is 13.0. The molecule has 1 heterocycles. The fourth-order valence-electron chi connectivity index (χ4n) is 1.48. The highest BCUT2D eigenvalue weighted by Crippen LogP contribution is 2.20. The SMILES string of the molecule is NC(=O)c1nc(-c2cccc(F)c2)ccc1N. The standard InChI is InChI=1S/C12H10FN3O/c13-8-3-1-2-7(6-8)10-5-4-9(14)11(16-10)12(15)17/h1-6H,14H2,(H2,15,17). The van der Waals surface area contributed by atoms with Crippen LogP contribution in [-0.4, -0.2) is 10.9 Å². The zero-order chi connectivity index (χ0) is 12.4. The van der Waals surface area contributed by atoms with Crippen LogP contribution in [0.25, 0.3) is 11.3 Å². The molecule has 1 aromatic heterocycles. The fraction of sp³-hybridized carbons (Fsp3) is 0. The molecule has 0 bridgehead atoms. The molecule has 0 fully saturated rings. The normalized spacial score (nSPS) is 10.2. The molecule has 4 N–H and O–H groups in total. The first-order valence-electron chi connectivity index (χ1n) is 4.90. The van der Waals surface area contributed by atoms with Gasteiger partial charge < -0.3 is 11.5 Å². The number of nitrogens with two attached hydrogens (primary N) is 2. The second-order valence-corrected chi connectivity index (χ2v) is 3.51. The van der Waals surface area contributed by atoms with E-state index in [2.05, 4.69) is 4.98 Å². The molecule has 2 rings (SSSR count). The van der Waals surface area contributed by atoms with Crippen molar-refractivity contribution in [2.24, 2.45) is 5.73 Å². The summed E-state index contributed by atoms with van der Waals surface area (Å²) in [4.78, 5) is 15.1. The number of carbonyl (C=O) groups is 1. The third kappa shape index (κ3) is 2.23. The highest BCUT2D eigenvalue weighted by Gasteiger charge is 2.10. The number of amides is 1. The average Bonchev–Trinajstić information content (AvgIpc) is 2.29. The van der Waals surface area contributed by atoms with E-state index in [1.54, 1.807) is 18.2 Å². The topological polar surface area (TPSA) is 82.0 Å². The Hall–Kier alpha value is -2.43. The van der Waals surface area contributed by atoms with E-state index in [1.807, 2.05) is 0 Å². The molecule has 2 aromatic rings. The van der Waals surface area contributed by atoms with Crippen molar-refractivity contribution in [2.45, 2.75) is 0 Å². The molecule has 0 aliphatic rings. The fourth-order valence-corrected chi connectivity index (χ4v) is 1.48. The van der Waals surface area contributed by atoms with Gasteiger partial charge >= 0.3 is 0 Å². The van der Waals surface area contributed by atoms with Gasteiger partial charge in [-0.15, -0.1) is 0 Å². The van der Waals surface area contributed by atoms with Crippen LogP contribution in [0.2, 0.25) is 0 Å². The van der Waals surface area contributed by atoms with Gasteiger partial charge in [-0.2, -0.15) is 0 Å². The second kappa shape index (κ2) is 4.21. The number of pyridine rings is 1. The third-order valence-electron chi connectivity index (χ3n) is 2.28. The smallest absolute Gasteiger partial charge is 0.269 e. The Kier molecular flexibility index (Phi) is 2.74. The summed E-state index contributed by atoms with van der Waals surface area (Å²) in [5, 5.41) is 0. The summed E-state index contributed by atoms with van der Waals surface area (Å²) >= 11 is 0. The van der Waals surface area contributed by atoms with Crippen LogP contribution in [0.15, 0.2) is 36.4 Å². The second-order valence-electron chi connectivity index (χ2n) is 3.51.